The van der Waals surface area contributed by atoms with Crippen LogP contribution >= 0.6 is 0 Å². The zero-order valence-electron chi connectivity index (χ0n) is 12.8. The Labute approximate surface area is 125 Å². The van der Waals surface area contributed by atoms with Crippen LogP contribution in [0.25, 0.3) is 0 Å². The lowest BCUT2D eigenvalue weighted by Gasteiger charge is -2.38. The summed E-state index contributed by atoms with van der Waals surface area (Å²) in [7, 11) is 0. The quantitative estimate of drug-likeness (QED) is 0.856. The van der Waals surface area contributed by atoms with E-state index in [4.69, 9.17) is 9.15 Å². The van der Waals surface area contributed by atoms with Gasteiger partial charge in [-0.15, -0.1) is 0 Å². The van der Waals surface area contributed by atoms with Gasteiger partial charge in [-0.3, -0.25) is 9.80 Å². The maximum Gasteiger partial charge on any atom is 0.410 e. The molecule has 0 radical (unpaired) electrons. The summed E-state index contributed by atoms with van der Waals surface area (Å²) >= 11 is 0. The molecular formula is C16H24N2O3. The molecule has 2 fully saturated rings. The molecule has 1 aromatic rings. The second-order valence-corrected chi connectivity index (χ2v) is 6.43. The second-order valence-electron chi connectivity index (χ2n) is 6.43. The molecule has 1 atom stereocenters. The van der Waals surface area contributed by atoms with Crippen molar-refractivity contribution in [2.75, 3.05) is 19.7 Å². The van der Waals surface area contributed by atoms with E-state index in [1.165, 1.54) is 5.56 Å². The van der Waals surface area contributed by atoms with Gasteiger partial charge in [0.2, 0.25) is 0 Å². The van der Waals surface area contributed by atoms with E-state index in [9.17, 15) is 4.79 Å². The second kappa shape index (κ2) is 6.10. The Bertz CT molecular complexity index is 464. The number of likely N-dealkylation sites (tertiary alicyclic amines) is 1. The van der Waals surface area contributed by atoms with Crippen molar-refractivity contribution < 1.29 is 13.9 Å². The summed E-state index contributed by atoms with van der Waals surface area (Å²) in [4.78, 5) is 16.4. The third-order valence-electron chi connectivity index (χ3n) is 4.65. The number of carbonyl (C=O) groups is 1. The minimum atomic E-state index is -0.123. The van der Waals surface area contributed by atoms with Crippen LogP contribution in [-0.4, -0.2) is 47.7 Å². The first-order valence-corrected chi connectivity index (χ1v) is 7.83. The van der Waals surface area contributed by atoms with Gasteiger partial charge in [0.1, 0.15) is 6.61 Å². The van der Waals surface area contributed by atoms with Crippen LogP contribution in [0.15, 0.2) is 23.0 Å². The molecule has 2 saturated heterocycles. The zero-order valence-corrected chi connectivity index (χ0v) is 12.8. The van der Waals surface area contributed by atoms with E-state index in [-0.39, 0.29) is 12.1 Å². The first-order chi connectivity index (χ1) is 10.1. The highest BCUT2D eigenvalue weighted by Gasteiger charge is 2.40. The highest BCUT2D eigenvalue weighted by molar-refractivity contribution is 5.70. The molecule has 2 aliphatic rings. The summed E-state index contributed by atoms with van der Waals surface area (Å²) in [5, 5.41) is 0. The lowest BCUT2D eigenvalue weighted by atomic mass is 9.97. The van der Waals surface area contributed by atoms with Crippen molar-refractivity contribution in [2.24, 2.45) is 5.92 Å². The molecule has 5 nitrogen and oxygen atoms in total. The van der Waals surface area contributed by atoms with Gasteiger partial charge in [-0.2, -0.15) is 0 Å². The number of hydrogen-bond donors (Lipinski definition) is 0. The number of ether oxygens (including phenoxy) is 1. The summed E-state index contributed by atoms with van der Waals surface area (Å²) in [5.41, 5.74) is 1.22. The molecule has 0 saturated carbocycles. The summed E-state index contributed by atoms with van der Waals surface area (Å²) < 4.78 is 10.4. The van der Waals surface area contributed by atoms with Gasteiger partial charge >= 0.3 is 6.09 Å². The molecule has 1 unspecified atom stereocenters. The van der Waals surface area contributed by atoms with Gasteiger partial charge in [-0.1, -0.05) is 13.8 Å². The normalized spacial score (nSPS) is 24.8. The van der Waals surface area contributed by atoms with Crippen LogP contribution in [0.4, 0.5) is 4.79 Å². The Kier molecular flexibility index (Phi) is 4.19. The molecule has 2 aliphatic heterocycles. The number of amides is 1. The van der Waals surface area contributed by atoms with Crippen LogP contribution in [0.5, 0.6) is 0 Å². The van der Waals surface area contributed by atoms with E-state index < -0.39 is 0 Å². The number of piperidine rings is 1. The molecule has 0 bridgehead atoms. The minimum absolute atomic E-state index is 0.123. The number of cyclic esters (lactones) is 1. The van der Waals surface area contributed by atoms with E-state index in [0.717, 1.165) is 32.5 Å². The van der Waals surface area contributed by atoms with Gasteiger partial charge in [-0.05, 0) is 24.8 Å². The van der Waals surface area contributed by atoms with Gasteiger partial charge in [-0.25, -0.2) is 4.79 Å². The number of hydrogen-bond acceptors (Lipinski definition) is 4. The summed E-state index contributed by atoms with van der Waals surface area (Å²) in [6.45, 7) is 7.84. The van der Waals surface area contributed by atoms with Crippen molar-refractivity contribution >= 4 is 6.09 Å². The molecule has 0 N–H and O–H groups in total. The van der Waals surface area contributed by atoms with Crippen molar-refractivity contribution in [3.63, 3.8) is 0 Å². The van der Waals surface area contributed by atoms with E-state index in [1.807, 2.05) is 11.0 Å². The van der Waals surface area contributed by atoms with Crippen LogP contribution < -0.4 is 0 Å². The van der Waals surface area contributed by atoms with E-state index in [1.54, 1.807) is 12.5 Å². The average molecular weight is 292 g/mol. The maximum absolute atomic E-state index is 12.0. The fourth-order valence-electron chi connectivity index (χ4n) is 3.38. The fourth-order valence-corrected chi connectivity index (χ4v) is 3.38. The first kappa shape index (κ1) is 14.4. The van der Waals surface area contributed by atoms with Gasteiger partial charge in [0.15, 0.2) is 0 Å². The van der Waals surface area contributed by atoms with E-state index >= 15 is 0 Å². The third-order valence-corrected chi connectivity index (χ3v) is 4.65. The molecule has 1 amide bonds. The molecule has 5 heteroatoms. The molecule has 3 rings (SSSR count). The molecular weight excluding hydrogens is 268 g/mol. The summed E-state index contributed by atoms with van der Waals surface area (Å²) in [6.07, 6.45) is 5.45. The summed E-state index contributed by atoms with van der Waals surface area (Å²) in [6, 6.07) is 2.58. The van der Waals surface area contributed by atoms with Gasteiger partial charge in [0.05, 0.1) is 18.6 Å². The lowest BCUT2D eigenvalue weighted by molar-refractivity contribution is 0.0955. The van der Waals surface area contributed by atoms with E-state index in [0.29, 0.717) is 18.6 Å². The molecule has 0 aromatic carbocycles. The van der Waals surface area contributed by atoms with Crippen molar-refractivity contribution in [3.05, 3.63) is 24.2 Å². The molecule has 21 heavy (non-hydrogen) atoms. The maximum atomic E-state index is 12.0. The lowest BCUT2D eigenvalue weighted by Crippen LogP contribution is -2.49. The van der Waals surface area contributed by atoms with Crippen LogP contribution in [0.2, 0.25) is 0 Å². The van der Waals surface area contributed by atoms with Gasteiger partial charge in [0.25, 0.3) is 0 Å². The number of rotatable bonds is 4. The van der Waals surface area contributed by atoms with Crippen molar-refractivity contribution in [1.29, 1.82) is 0 Å². The van der Waals surface area contributed by atoms with Crippen LogP contribution in [0.1, 0.15) is 32.3 Å². The Morgan fingerprint density at radius 1 is 1.33 bits per heavy atom. The predicted molar refractivity (Wildman–Crippen MR) is 78.8 cm³/mol. The molecule has 1 aromatic heterocycles. The van der Waals surface area contributed by atoms with Crippen molar-refractivity contribution in [1.82, 2.24) is 9.80 Å². The van der Waals surface area contributed by atoms with Crippen LogP contribution in [0, 0.1) is 5.92 Å². The SMILES string of the molecule is CC(C)C1COC(=O)N1C1CCN(Cc2ccoc2)CC1. The topological polar surface area (TPSA) is 45.9 Å². The molecule has 116 valence electrons. The van der Waals surface area contributed by atoms with Gasteiger partial charge in [0, 0.05) is 31.2 Å². The molecule has 0 spiro atoms. The molecule has 3 heterocycles. The largest absolute Gasteiger partial charge is 0.472 e. The van der Waals surface area contributed by atoms with Crippen molar-refractivity contribution in [3.8, 4) is 0 Å². The van der Waals surface area contributed by atoms with Crippen LogP contribution in [0.3, 0.4) is 0 Å². The Morgan fingerprint density at radius 2 is 2.10 bits per heavy atom. The highest BCUT2D eigenvalue weighted by atomic mass is 16.6. The minimum Gasteiger partial charge on any atom is -0.472 e. The van der Waals surface area contributed by atoms with E-state index in [2.05, 4.69) is 18.7 Å². The zero-order chi connectivity index (χ0) is 14.8. The monoisotopic (exact) mass is 292 g/mol. The first-order valence-electron chi connectivity index (χ1n) is 7.83. The fraction of sp³-hybridized carbons (Fsp3) is 0.688. The van der Waals surface area contributed by atoms with Crippen molar-refractivity contribution in [2.45, 2.75) is 45.3 Å². The highest BCUT2D eigenvalue weighted by Crippen LogP contribution is 2.27. The smallest absolute Gasteiger partial charge is 0.410 e. The predicted octanol–water partition coefficient (Wildman–Crippen LogP) is 2.72. The Morgan fingerprint density at radius 3 is 2.71 bits per heavy atom. The third kappa shape index (κ3) is 3.07. The van der Waals surface area contributed by atoms with Gasteiger partial charge < -0.3 is 9.15 Å². The molecule has 0 aliphatic carbocycles. The standard InChI is InChI=1S/C16H24N2O3/c1-12(2)15-11-21-16(19)18(15)14-3-6-17(7-4-14)9-13-5-8-20-10-13/h5,8,10,12,14-15H,3-4,6-7,9,11H2,1-2H3. The average Bonchev–Trinajstić information content (AvgIpc) is 3.09. The number of nitrogens with zero attached hydrogens (tertiary/aromatic N) is 2. The Hall–Kier alpha value is -1.49. The number of furan rings is 1. The number of carbonyl (C=O) groups excluding carboxylic acids is 1. The van der Waals surface area contributed by atoms with Crippen LogP contribution in [-0.2, 0) is 11.3 Å². The Balaban J connectivity index is 1.56. The summed E-state index contributed by atoms with van der Waals surface area (Å²) in [5.74, 6) is 0.445.